The van der Waals surface area contributed by atoms with E-state index in [1.807, 2.05) is 6.92 Å². The molecule has 5 heteroatoms. The van der Waals surface area contributed by atoms with Crippen LogP contribution in [0.1, 0.15) is 36.7 Å². The second-order valence-electron chi connectivity index (χ2n) is 5.63. The smallest absolute Gasteiger partial charge is 0.329 e. The van der Waals surface area contributed by atoms with Gasteiger partial charge in [0.25, 0.3) is 5.91 Å². The summed E-state index contributed by atoms with van der Waals surface area (Å²) in [7, 11) is 0. The Labute approximate surface area is 111 Å². The van der Waals surface area contributed by atoms with Gasteiger partial charge < -0.3 is 10.0 Å². The fourth-order valence-electron chi connectivity index (χ4n) is 3.56. The summed E-state index contributed by atoms with van der Waals surface area (Å²) in [6.07, 6.45) is 3.55. The van der Waals surface area contributed by atoms with Gasteiger partial charge >= 0.3 is 5.97 Å². The van der Waals surface area contributed by atoms with E-state index in [1.165, 1.54) is 4.90 Å². The lowest BCUT2D eigenvalue weighted by Crippen LogP contribution is -2.74. The van der Waals surface area contributed by atoms with Gasteiger partial charge in [-0.2, -0.15) is 0 Å². The van der Waals surface area contributed by atoms with Gasteiger partial charge in [0.15, 0.2) is 0 Å². The van der Waals surface area contributed by atoms with Gasteiger partial charge in [0.2, 0.25) is 0 Å². The molecule has 1 aromatic heterocycles. The number of aromatic nitrogens is 1. The van der Waals surface area contributed by atoms with Crippen LogP contribution in [-0.4, -0.2) is 38.4 Å². The summed E-state index contributed by atoms with van der Waals surface area (Å²) in [5, 5.41) is 9.51. The number of fused-ring (bicyclic) bond motifs is 2. The number of carboxylic acids is 1. The summed E-state index contributed by atoms with van der Waals surface area (Å²) in [6, 6.07) is 5.17. The summed E-state index contributed by atoms with van der Waals surface area (Å²) in [5.41, 5.74) is -0.677. The lowest BCUT2D eigenvalue weighted by atomic mass is 9.64. The van der Waals surface area contributed by atoms with Gasteiger partial charge in [-0.3, -0.25) is 9.78 Å². The number of amides is 1. The Morgan fingerprint density at radius 1 is 1.42 bits per heavy atom. The topological polar surface area (TPSA) is 70.5 Å². The summed E-state index contributed by atoms with van der Waals surface area (Å²) in [6.45, 7) is 2.05. The number of carboxylic acid groups (broad SMARTS) is 1. The molecule has 2 bridgehead atoms. The molecule has 1 unspecified atom stereocenters. The summed E-state index contributed by atoms with van der Waals surface area (Å²) in [4.78, 5) is 29.6. The maximum absolute atomic E-state index is 12.5. The number of aliphatic carboxylic acids is 1. The highest BCUT2D eigenvalue weighted by molar-refractivity contribution is 5.98. The first-order valence-electron chi connectivity index (χ1n) is 6.53. The first-order valence-corrected chi connectivity index (χ1v) is 6.53. The molecule has 3 heterocycles. The van der Waals surface area contributed by atoms with Crippen molar-refractivity contribution in [2.24, 2.45) is 5.92 Å². The van der Waals surface area contributed by atoms with Crippen LogP contribution in [0, 0.1) is 5.92 Å². The molecule has 3 atom stereocenters. The van der Waals surface area contributed by atoms with Crippen LogP contribution in [0.4, 0.5) is 0 Å². The number of carbonyl (C=O) groups excluding carboxylic acids is 1. The number of hydrogen-bond donors (Lipinski definition) is 1. The molecule has 1 amide bonds. The second kappa shape index (κ2) is 4.05. The van der Waals surface area contributed by atoms with Crippen LogP contribution in [0.15, 0.2) is 24.4 Å². The van der Waals surface area contributed by atoms with Gasteiger partial charge in [-0.1, -0.05) is 13.0 Å². The van der Waals surface area contributed by atoms with E-state index in [0.717, 1.165) is 6.42 Å². The molecule has 3 fully saturated rings. The number of hydrogen-bond acceptors (Lipinski definition) is 3. The Kier molecular flexibility index (Phi) is 2.59. The molecule has 0 radical (unpaired) electrons. The Morgan fingerprint density at radius 2 is 2.21 bits per heavy atom. The highest BCUT2D eigenvalue weighted by Crippen LogP contribution is 2.50. The summed E-state index contributed by atoms with van der Waals surface area (Å²) >= 11 is 0. The summed E-state index contributed by atoms with van der Waals surface area (Å²) in [5.74, 6) is -0.798. The first kappa shape index (κ1) is 12.1. The normalized spacial score (nSPS) is 32.6. The van der Waals surface area contributed by atoms with Crippen LogP contribution in [-0.2, 0) is 4.79 Å². The first-order chi connectivity index (χ1) is 9.04. The van der Waals surface area contributed by atoms with Gasteiger partial charge in [0.1, 0.15) is 11.2 Å². The molecule has 1 aromatic rings. The molecule has 100 valence electrons. The van der Waals surface area contributed by atoms with Crippen molar-refractivity contribution in [2.45, 2.75) is 37.8 Å². The number of pyridine rings is 1. The van der Waals surface area contributed by atoms with E-state index in [0.29, 0.717) is 24.5 Å². The molecule has 0 aromatic carbocycles. The monoisotopic (exact) mass is 260 g/mol. The lowest BCUT2D eigenvalue weighted by molar-refractivity contribution is -0.174. The quantitative estimate of drug-likeness (QED) is 0.875. The van der Waals surface area contributed by atoms with Gasteiger partial charge in [0.05, 0.1) is 0 Å². The van der Waals surface area contributed by atoms with Gasteiger partial charge in [-0.25, -0.2) is 4.79 Å². The van der Waals surface area contributed by atoms with Crippen LogP contribution in [0.3, 0.4) is 0 Å². The zero-order valence-corrected chi connectivity index (χ0v) is 10.7. The van der Waals surface area contributed by atoms with Crippen molar-refractivity contribution in [1.82, 2.24) is 9.88 Å². The Hall–Kier alpha value is -1.91. The number of piperidine rings is 1. The molecule has 0 spiro atoms. The number of nitrogens with zero attached hydrogens (tertiary/aromatic N) is 2. The van der Waals surface area contributed by atoms with Crippen molar-refractivity contribution in [3.05, 3.63) is 30.1 Å². The SMILES string of the molecule is C[C@@H]1CC2C[C@](C(=O)O)(C1)N2C(=O)c1ccccn1. The molecule has 1 saturated carbocycles. The van der Waals surface area contributed by atoms with Crippen molar-refractivity contribution >= 4 is 11.9 Å². The Morgan fingerprint density at radius 3 is 2.84 bits per heavy atom. The van der Waals surface area contributed by atoms with Crippen LogP contribution in [0.2, 0.25) is 0 Å². The molecule has 19 heavy (non-hydrogen) atoms. The molecular weight excluding hydrogens is 244 g/mol. The summed E-state index contributed by atoms with van der Waals surface area (Å²) < 4.78 is 0. The maximum atomic E-state index is 12.5. The van der Waals surface area contributed by atoms with E-state index < -0.39 is 11.5 Å². The fraction of sp³-hybridized carbons (Fsp3) is 0.500. The second-order valence-corrected chi connectivity index (χ2v) is 5.63. The van der Waals surface area contributed by atoms with E-state index in [9.17, 15) is 14.7 Å². The highest BCUT2D eigenvalue weighted by Gasteiger charge is 2.63. The number of carbonyl (C=O) groups is 2. The molecule has 2 saturated heterocycles. The minimum absolute atomic E-state index is 0.0503. The van der Waals surface area contributed by atoms with Gasteiger partial charge in [-0.05, 0) is 30.9 Å². The third kappa shape index (κ3) is 1.64. The van der Waals surface area contributed by atoms with Crippen LogP contribution in [0.5, 0.6) is 0 Å². The molecule has 3 aliphatic rings. The predicted octanol–water partition coefficient (Wildman–Crippen LogP) is 1.55. The third-order valence-corrected chi connectivity index (χ3v) is 4.26. The average Bonchev–Trinajstić information content (AvgIpc) is 2.38. The average molecular weight is 260 g/mol. The maximum Gasteiger partial charge on any atom is 0.329 e. The highest BCUT2D eigenvalue weighted by atomic mass is 16.4. The van der Waals surface area contributed by atoms with Crippen molar-refractivity contribution in [3.8, 4) is 0 Å². The van der Waals surface area contributed by atoms with Crippen molar-refractivity contribution in [2.75, 3.05) is 0 Å². The minimum Gasteiger partial charge on any atom is -0.479 e. The Bertz CT molecular complexity index is 531. The van der Waals surface area contributed by atoms with E-state index >= 15 is 0 Å². The zero-order valence-electron chi connectivity index (χ0n) is 10.7. The van der Waals surface area contributed by atoms with E-state index in [4.69, 9.17) is 0 Å². The largest absolute Gasteiger partial charge is 0.479 e. The van der Waals surface area contributed by atoms with Crippen LogP contribution in [0.25, 0.3) is 0 Å². The van der Waals surface area contributed by atoms with Crippen molar-refractivity contribution in [3.63, 3.8) is 0 Å². The lowest BCUT2D eigenvalue weighted by Gasteiger charge is -2.60. The van der Waals surface area contributed by atoms with E-state index in [1.54, 1.807) is 24.4 Å². The molecule has 2 aliphatic heterocycles. The van der Waals surface area contributed by atoms with Crippen LogP contribution < -0.4 is 0 Å². The molecule has 5 nitrogen and oxygen atoms in total. The number of rotatable bonds is 2. The molecule has 1 N–H and O–H groups in total. The fourth-order valence-corrected chi connectivity index (χ4v) is 3.56. The molecule has 1 aliphatic carbocycles. The van der Waals surface area contributed by atoms with Crippen LogP contribution >= 0.6 is 0 Å². The van der Waals surface area contributed by atoms with Crippen molar-refractivity contribution in [1.29, 1.82) is 0 Å². The molecular formula is C14H16N2O3. The van der Waals surface area contributed by atoms with Gasteiger partial charge in [0, 0.05) is 18.7 Å². The standard InChI is InChI=1S/C14H16N2O3/c1-9-6-10-8-14(7-9,13(18)19)16(10)12(17)11-4-2-3-5-15-11/h2-5,9-10H,6-8H2,1H3,(H,18,19)/t9-,10?,14+/m1/s1. The van der Waals surface area contributed by atoms with E-state index in [-0.39, 0.29) is 11.9 Å². The van der Waals surface area contributed by atoms with E-state index in [2.05, 4.69) is 4.98 Å². The zero-order chi connectivity index (χ0) is 13.6. The van der Waals surface area contributed by atoms with Crippen molar-refractivity contribution < 1.29 is 14.7 Å². The van der Waals surface area contributed by atoms with Gasteiger partial charge in [-0.15, -0.1) is 0 Å². The minimum atomic E-state index is -1.00. The molecule has 4 rings (SSSR count). The third-order valence-electron chi connectivity index (χ3n) is 4.26. The Balaban J connectivity index is 1.93. The predicted molar refractivity (Wildman–Crippen MR) is 67.6 cm³/mol.